The smallest absolute Gasteiger partial charge is 0.0978 e. The van der Waals surface area contributed by atoms with E-state index in [2.05, 4.69) is 13.8 Å². The van der Waals surface area contributed by atoms with Gasteiger partial charge in [0.1, 0.15) is 0 Å². The highest BCUT2D eigenvalue weighted by molar-refractivity contribution is 5.32. The van der Waals surface area contributed by atoms with Gasteiger partial charge in [-0.15, -0.1) is 0 Å². The van der Waals surface area contributed by atoms with Crippen molar-refractivity contribution < 1.29 is 14.9 Å². The zero-order chi connectivity index (χ0) is 23.5. The maximum absolute atomic E-state index is 12.4. The molecule has 0 heterocycles. The van der Waals surface area contributed by atoms with E-state index in [4.69, 9.17) is 16.2 Å². The summed E-state index contributed by atoms with van der Waals surface area (Å²) in [5.74, 6) is 1.41. The first kappa shape index (κ1) is 23.7. The minimum absolute atomic E-state index is 0.0787. The Labute approximate surface area is 199 Å². The normalized spacial score (nSPS) is 47.9. The molecule has 0 bridgehead atoms. The lowest BCUT2D eigenvalue weighted by Crippen LogP contribution is -2.64. The van der Waals surface area contributed by atoms with Gasteiger partial charge in [0, 0.05) is 18.0 Å². The molecule has 5 rings (SSSR count). The Morgan fingerprint density at radius 3 is 2.45 bits per heavy atom. The highest BCUT2D eigenvalue weighted by Gasteiger charge is 2.71. The molecule has 3 unspecified atom stereocenters. The Bertz CT molecular complexity index is 851. The SMILES string of the molecule is C[C@]12CCC(OC[C@@H](N)CN)CC1CC[C@@H]1[C@H]2CC[C@]2(C)C(O)(c3ccccc3)CC[C@@]12O. The minimum Gasteiger partial charge on any atom is -0.389 e. The molecule has 1 aromatic carbocycles. The van der Waals surface area contributed by atoms with E-state index in [-0.39, 0.29) is 23.5 Å². The number of hydrogen-bond donors (Lipinski definition) is 4. The molecule has 0 spiro atoms. The first-order valence-electron chi connectivity index (χ1n) is 13.3. The summed E-state index contributed by atoms with van der Waals surface area (Å²) in [6.45, 7) is 5.67. The zero-order valence-corrected chi connectivity index (χ0v) is 20.5. The number of aliphatic hydroxyl groups is 2. The summed E-state index contributed by atoms with van der Waals surface area (Å²) in [6.07, 6.45) is 9.10. The molecule has 5 heteroatoms. The van der Waals surface area contributed by atoms with Crippen molar-refractivity contribution >= 4 is 0 Å². The number of nitrogens with two attached hydrogens (primary N) is 2. The van der Waals surface area contributed by atoms with Gasteiger partial charge in [-0.3, -0.25) is 0 Å². The molecule has 4 fully saturated rings. The summed E-state index contributed by atoms with van der Waals surface area (Å²) in [5.41, 5.74) is 10.6. The van der Waals surface area contributed by atoms with Gasteiger partial charge in [0.25, 0.3) is 0 Å². The molecule has 0 aromatic heterocycles. The number of benzene rings is 1. The second-order valence-electron chi connectivity index (χ2n) is 12.2. The molecule has 5 nitrogen and oxygen atoms in total. The first-order chi connectivity index (χ1) is 15.7. The van der Waals surface area contributed by atoms with Crippen molar-refractivity contribution in [3.05, 3.63) is 35.9 Å². The van der Waals surface area contributed by atoms with Gasteiger partial charge in [0.2, 0.25) is 0 Å². The van der Waals surface area contributed by atoms with Crippen molar-refractivity contribution in [1.82, 2.24) is 0 Å². The maximum Gasteiger partial charge on any atom is 0.0978 e. The van der Waals surface area contributed by atoms with Crippen LogP contribution in [0.2, 0.25) is 0 Å². The molecule has 0 amide bonds. The fourth-order valence-electron chi connectivity index (χ4n) is 8.86. The zero-order valence-electron chi connectivity index (χ0n) is 20.5. The second-order valence-corrected chi connectivity index (χ2v) is 12.2. The fourth-order valence-corrected chi connectivity index (χ4v) is 8.86. The summed E-state index contributed by atoms with van der Waals surface area (Å²) in [4.78, 5) is 0. The quantitative estimate of drug-likeness (QED) is 0.541. The Kier molecular flexibility index (Phi) is 5.98. The predicted octanol–water partition coefficient (Wildman–Crippen LogP) is 3.70. The maximum atomic E-state index is 12.4. The Hall–Kier alpha value is -0.980. The molecular formula is C28H44N2O3. The number of fused-ring (bicyclic) bond motifs is 5. The van der Waals surface area contributed by atoms with Gasteiger partial charge in [-0.05, 0) is 86.5 Å². The van der Waals surface area contributed by atoms with E-state index in [0.29, 0.717) is 37.8 Å². The number of ether oxygens (including phenoxy) is 1. The van der Waals surface area contributed by atoms with Crippen LogP contribution in [-0.4, -0.2) is 41.1 Å². The van der Waals surface area contributed by atoms with E-state index < -0.39 is 16.6 Å². The van der Waals surface area contributed by atoms with E-state index in [0.717, 1.165) is 50.5 Å². The van der Waals surface area contributed by atoms with Crippen molar-refractivity contribution in [1.29, 1.82) is 0 Å². The Morgan fingerprint density at radius 1 is 0.970 bits per heavy atom. The van der Waals surface area contributed by atoms with Crippen LogP contribution < -0.4 is 11.5 Å². The van der Waals surface area contributed by atoms with Gasteiger partial charge in [0.15, 0.2) is 0 Å². The standard InChI is InChI=1S/C28H44N2O3/c1-25-12-10-22(33-18-21(30)17-29)16-20(25)8-9-24-23(25)11-13-26(2)27(31,14-15-28(24,26)32)19-6-4-3-5-7-19/h3-7,20-24,31-32H,8-18,29-30H2,1-2H3/t20?,21-,22?,23+,24+,25-,26+,27?,28+/m0/s1. The molecule has 0 radical (unpaired) electrons. The lowest BCUT2D eigenvalue weighted by atomic mass is 9.43. The second kappa shape index (κ2) is 8.30. The molecule has 6 N–H and O–H groups in total. The van der Waals surface area contributed by atoms with Crippen molar-refractivity contribution in [2.75, 3.05) is 13.2 Å². The number of rotatable bonds is 5. The van der Waals surface area contributed by atoms with Crippen LogP contribution in [0.25, 0.3) is 0 Å². The summed E-state index contributed by atoms with van der Waals surface area (Å²) in [6, 6.07) is 10.0. The third-order valence-corrected chi connectivity index (χ3v) is 11.0. The van der Waals surface area contributed by atoms with E-state index in [1.54, 1.807) is 0 Å². The van der Waals surface area contributed by atoms with Gasteiger partial charge < -0.3 is 26.4 Å². The molecule has 184 valence electrons. The largest absolute Gasteiger partial charge is 0.389 e. The van der Waals surface area contributed by atoms with Crippen molar-refractivity contribution in [2.24, 2.45) is 40.1 Å². The molecular weight excluding hydrogens is 412 g/mol. The summed E-state index contributed by atoms with van der Waals surface area (Å²) in [7, 11) is 0. The lowest BCUT2D eigenvalue weighted by molar-refractivity contribution is -0.239. The van der Waals surface area contributed by atoms with Crippen LogP contribution in [0.3, 0.4) is 0 Å². The van der Waals surface area contributed by atoms with E-state index in [1.165, 1.54) is 0 Å². The highest BCUT2D eigenvalue weighted by Crippen LogP contribution is 2.71. The van der Waals surface area contributed by atoms with Crippen LogP contribution >= 0.6 is 0 Å². The van der Waals surface area contributed by atoms with Crippen LogP contribution in [-0.2, 0) is 10.3 Å². The van der Waals surface area contributed by atoms with E-state index >= 15 is 0 Å². The topological polar surface area (TPSA) is 102 Å². The lowest BCUT2D eigenvalue weighted by Gasteiger charge is -2.64. The summed E-state index contributed by atoms with van der Waals surface area (Å²) >= 11 is 0. The van der Waals surface area contributed by atoms with Crippen LogP contribution in [0.4, 0.5) is 0 Å². The van der Waals surface area contributed by atoms with Gasteiger partial charge >= 0.3 is 0 Å². The molecule has 4 saturated carbocycles. The number of hydrogen-bond acceptors (Lipinski definition) is 5. The van der Waals surface area contributed by atoms with E-state index in [1.807, 2.05) is 30.3 Å². The van der Waals surface area contributed by atoms with Crippen molar-refractivity contribution in [2.45, 2.75) is 95.0 Å². The summed E-state index contributed by atoms with van der Waals surface area (Å²) < 4.78 is 6.16. The van der Waals surface area contributed by atoms with Crippen LogP contribution in [0.5, 0.6) is 0 Å². The Balaban J connectivity index is 1.37. The van der Waals surface area contributed by atoms with Crippen molar-refractivity contribution in [3.63, 3.8) is 0 Å². The average Bonchev–Trinajstić information content (AvgIpc) is 3.05. The fraction of sp³-hybridized carbons (Fsp3) is 0.786. The molecule has 9 atom stereocenters. The van der Waals surface area contributed by atoms with Gasteiger partial charge in [-0.25, -0.2) is 0 Å². The van der Waals surface area contributed by atoms with E-state index in [9.17, 15) is 10.2 Å². The van der Waals surface area contributed by atoms with Crippen LogP contribution in [0, 0.1) is 28.6 Å². The van der Waals surface area contributed by atoms with Crippen LogP contribution in [0.1, 0.15) is 77.2 Å². The third-order valence-electron chi connectivity index (χ3n) is 11.0. The monoisotopic (exact) mass is 456 g/mol. The third kappa shape index (κ3) is 3.37. The molecule has 4 aliphatic carbocycles. The van der Waals surface area contributed by atoms with Crippen molar-refractivity contribution in [3.8, 4) is 0 Å². The molecule has 33 heavy (non-hydrogen) atoms. The minimum atomic E-state index is -0.959. The van der Waals surface area contributed by atoms with Gasteiger partial charge in [-0.1, -0.05) is 44.2 Å². The highest BCUT2D eigenvalue weighted by atomic mass is 16.5. The van der Waals surface area contributed by atoms with Gasteiger partial charge in [-0.2, -0.15) is 0 Å². The molecule has 4 aliphatic rings. The summed E-state index contributed by atoms with van der Waals surface area (Å²) in [5, 5.41) is 24.4. The molecule has 1 aromatic rings. The first-order valence-corrected chi connectivity index (χ1v) is 13.3. The Morgan fingerprint density at radius 2 is 1.73 bits per heavy atom. The van der Waals surface area contributed by atoms with Gasteiger partial charge in [0.05, 0.1) is 23.9 Å². The average molecular weight is 457 g/mol. The predicted molar refractivity (Wildman–Crippen MR) is 130 cm³/mol. The molecule has 0 aliphatic heterocycles. The van der Waals surface area contributed by atoms with Crippen LogP contribution in [0.15, 0.2) is 30.3 Å². The molecule has 0 saturated heterocycles.